The van der Waals surface area contributed by atoms with Crippen molar-refractivity contribution >= 4 is 57.6 Å². The van der Waals surface area contributed by atoms with Crippen molar-refractivity contribution in [3.05, 3.63) is 127 Å². The number of hydrogen-bond donors (Lipinski definition) is 0. The van der Waals surface area contributed by atoms with Crippen LogP contribution in [-0.4, -0.2) is 286 Å². The van der Waals surface area contributed by atoms with Gasteiger partial charge in [-0.2, -0.15) is 31.1 Å². The number of methoxy groups -OCH3 is 1. The number of likely N-dealkylation sites (N-methyl/N-ethyl adjacent to an activating group) is 1. The number of ether oxygens (including phenoxy) is 4. The molecule has 5 aliphatic rings. The molecule has 0 unspecified atom stereocenters. The number of nitriles is 3. The first kappa shape index (κ1) is 75.9. The molecular weight excluding hydrogens is 1390 g/mol. The summed E-state index contributed by atoms with van der Waals surface area (Å²) in [6.45, 7) is 23.2. The van der Waals surface area contributed by atoms with Crippen LogP contribution in [0, 0.1) is 71.0 Å². The molecule has 0 spiro atoms. The van der Waals surface area contributed by atoms with Crippen molar-refractivity contribution in [2.45, 2.75) is 13.8 Å². The Bertz CT molecular complexity index is 4980. The van der Waals surface area contributed by atoms with Gasteiger partial charge in [0.05, 0.1) is 77.0 Å². The number of hydrogen-bond acceptors (Lipinski definition) is 23. The van der Waals surface area contributed by atoms with E-state index in [-0.39, 0.29) is 23.6 Å². The summed E-state index contributed by atoms with van der Waals surface area (Å²) in [5.74, 6) is 10.2. The zero-order valence-corrected chi connectivity index (χ0v) is 61.3. The summed E-state index contributed by atoms with van der Waals surface area (Å²) in [7, 11) is 1.62. The van der Waals surface area contributed by atoms with Crippen LogP contribution in [0.1, 0.15) is 30.5 Å². The van der Waals surface area contributed by atoms with E-state index in [4.69, 9.17) is 43.2 Å². The summed E-state index contributed by atoms with van der Waals surface area (Å²) < 4.78 is 28.1. The van der Waals surface area contributed by atoms with Crippen LogP contribution in [0.25, 0.3) is 49.9 Å². The van der Waals surface area contributed by atoms with E-state index < -0.39 is 0 Å². The van der Waals surface area contributed by atoms with Crippen molar-refractivity contribution < 1.29 is 38.1 Å². The van der Waals surface area contributed by atoms with E-state index in [9.17, 15) is 35.0 Å². The number of terminal acetylenes is 3. The van der Waals surface area contributed by atoms with Crippen LogP contribution < -0.4 is 28.9 Å². The molecule has 30 heteroatoms. The summed E-state index contributed by atoms with van der Waals surface area (Å²) in [4.78, 5) is 81.2. The number of carbonyl (C=O) groups excluding carboxylic acids is 4. The number of anilines is 3. The molecule has 5 aliphatic heterocycles. The Balaban J connectivity index is 0.000000153. The van der Waals surface area contributed by atoms with Crippen LogP contribution in [0.2, 0.25) is 0 Å². The topological polar surface area (TPSA) is 300 Å². The minimum atomic E-state index is -0.284. The van der Waals surface area contributed by atoms with E-state index in [1.54, 1.807) is 79.5 Å². The Morgan fingerprint density at radius 2 is 0.725 bits per heavy atom. The highest BCUT2D eigenvalue weighted by molar-refractivity contribution is 5.94. The van der Waals surface area contributed by atoms with E-state index in [2.05, 4.69) is 97.6 Å². The molecule has 558 valence electrons. The number of nitrogens with zero attached hydrogens (tertiary/aromatic N) is 22. The molecule has 0 aromatic carbocycles. The summed E-state index contributed by atoms with van der Waals surface area (Å²) >= 11 is 0. The first-order chi connectivity index (χ1) is 53.2. The Labute approximate surface area is 632 Å². The van der Waals surface area contributed by atoms with Gasteiger partial charge in [0.1, 0.15) is 72.7 Å². The Morgan fingerprint density at radius 1 is 0.413 bits per heavy atom. The molecule has 5 saturated heterocycles. The molecule has 0 N–H and O–H groups in total. The molecule has 0 saturated carbocycles. The molecule has 14 rings (SSSR count). The van der Waals surface area contributed by atoms with Gasteiger partial charge < -0.3 is 58.1 Å². The van der Waals surface area contributed by atoms with E-state index in [1.807, 2.05) is 71.9 Å². The highest BCUT2D eigenvalue weighted by Gasteiger charge is 2.27. The fourth-order valence-electron chi connectivity index (χ4n) is 13.8. The average Bonchev–Trinajstić information content (AvgIpc) is 1.65. The third-order valence-electron chi connectivity index (χ3n) is 20.0. The first-order valence-electron chi connectivity index (χ1n) is 36.2. The normalized spacial score (nSPS) is 15.6. The van der Waals surface area contributed by atoms with Gasteiger partial charge in [0.2, 0.25) is 5.91 Å². The van der Waals surface area contributed by atoms with Gasteiger partial charge >= 0.3 is 0 Å². The Morgan fingerprint density at radius 3 is 1.01 bits per heavy atom. The minimum absolute atomic E-state index is 0.115. The van der Waals surface area contributed by atoms with Crippen LogP contribution >= 0.6 is 0 Å². The number of carbonyl (C=O) groups is 4. The van der Waals surface area contributed by atoms with Crippen molar-refractivity contribution in [2.75, 3.05) is 199 Å². The molecule has 9 aromatic heterocycles. The maximum absolute atomic E-state index is 11.8. The van der Waals surface area contributed by atoms with Crippen molar-refractivity contribution in [2.24, 2.45) is 0 Å². The van der Waals surface area contributed by atoms with Crippen LogP contribution in [0.15, 0.2) is 110 Å². The van der Waals surface area contributed by atoms with Crippen LogP contribution in [0.4, 0.5) is 17.5 Å². The summed E-state index contributed by atoms with van der Waals surface area (Å²) in [6.07, 6.45) is 31.1. The van der Waals surface area contributed by atoms with E-state index in [0.29, 0.717) is 150 Å². The van der Waals surface area contributed by atoms with Crippen LogP contribution in [0.5, 0.6) is 17.2 Å². The number of aromatic nitrogens is 9. The molecule has 5 fully saturated rings. The Kier molecular flexibility index (Phi) is 25.0. The predicted molar refractivity (Wildman–Crippen MR) is 408 cm³/mol. The quantitative estimate of drug-likeness (QED) is 0.0808. The van der Waals surface area contributed by atoms with Crippen molar-refractivity contribution in [1.29, 1.82) is 15.8 Å². The standard InChI is InChI=1S/C28H30N8O3.C28H32N8O2.C23H22N6O3/c1-3-27(38)35-12-10-34(11-13-35)26-5-4-22(18-30-26)25-16-24(20-36-28(25)23(17-29)19-31-36)39-15-14-32-6-8-33(9-7-32)21(2)37;1-3-27(37)35-13-11-34(12-14-35)26-6-5-22(19-30-26)25-17-24(21-36-28(25)23(18-29)20-31-36)38-16-15-33-9-7-32(4-2)8-10-33;1-3-22(30)28-8-6-27(7-9-28)21-5-4-17(14-25-21)20-12-19(32-11-10-31-2)16-29-23(20)18(13-24)15-26-29/h1,4-5,16,18-20H,6-15H2,2H3;1,5-6,17,19-21H,4,7-16H2,2H3;1,4-5,12,14-16H,6-11H2,2H3. The van der Waals surface area contributed by atoms with Crippen molar-refractivity contribution in [1.82, 2.24) is 78.1 Å². The van der Waals surface area contributed by atoms with Gasteiger partial charge in [0.25, 0.3) is 17.7 Å². The molecule has 0 radical (unpaired) electrons. The molecule has 4 amide bonds. The minimum Gasteiger partial charge on any atom is -0.491 e. The lowest BCUT2D eigenvalue weighted by atomic mass is 10.1. The number of amides is 4. The zero-order chi connectivity index (χ0) is 76.3. The zero-order valence-electron chi connectivity index (χ0n) is 61.3. The number of pyridine rings is 6. The third-order valence-corrected chi connectivity index (χ3v) is 20.0. The van der Waals surface area contributed by atoms with Gasteiger partial charge in [-0.3, -0.25) is 29.0 Å². The monoisotopic (exact) mass is 1470 g/mol. The highest BCUT2D eigenvalue weighted by Crippen LogP contribution is 2.35. The maximum atomic E-state index is 11.8. The van der Waals surface area contributed by atoms with Gasteiger partial charge in [0.15, 0.2) is 0 Å². The van der Waals surface area contributed by atoms with Gasteiger partial charge in [-0.05, 0) is 78.9 Å². The van der Waals surface area contributed by atoms with Gasteiger partial charge in [0, 0.05) is 210 Å². The lowest BCUT2D eigenvalue weighted by molar-refractivity contribution is -0.130. The second kappa shape index (κ2) is 36.0. The van der Waals surface area contributed by atoms with E-state index >= 15 is 0 Å². The van der Waals surface area contributed by atoms with Gasteiger partial charge in [-0.1, -0.05) is 6.92 Å². The smallest absolute Gasteiger partial charge is 0.298 e. The molecule has 0 atom stereocenters. The lowest BCUT2D eigenvalue weighted by Gasteiger charge is -2.34. The highest BCUT2D eigenvalue weighted by atomic mass is 16.5. The average molecular weight is 1470 g/mol. The molecule has 9 aromatic rings. The molecule has 109 heavy (non-hydrogen) atoms. The number of fused-ring (bicyclic) bond motifs is 3. The summed E-state index contributed by atoms with van der Waals surface area (Å²) in [6, 6.07) is 24.2. The summed E-state index contributed by atoms with van der Waals surface area (Å²) in [5.41, 5.74) is 8.57. The van der Waals surface area contributed by atoms with Gasteiger partial charge in [-0.15, -0.1) is 19.3 Å². The third kappa shape index (κ3) is 18.2. The number of rotatable bonds is 19. The van der Waals surface area contributed by atoms with Gasteiger partial charge in [-0.25, -0.2) is 28.5 Å². The predicted octanol–water partition coefficient (Wildman–Crippen LogP) is 4.23. The maximum Gasteiger partial charge on any atom is 0.298 e. The second-order valence-electron chi connectivity index (χ2n) is 26.3. The Hall–Kier alpha value is -12.8. The molecular formula is C79H84N22O8. The van der Waals surface area contributed by atoms with E-state index in [0.717, 1.165) is 128 Å². The second-order valence-corrected chi connectivity index (χ2v) is 26.3. The van der Waals surface area contributed by atoms with Crippen molar-refractivity contribution in [3.8, 4) is 106 Å². The summed E-state index contributed by atoms with van der Waals surface area (Å²) in [5, 5.41) is 41.9. The fraction of sp³-hybridized carbons (Fsp3) is 0.380. The fourth-order valence-corrected chi connectivity index (χ4v) is 13.8. The molecule has 30 nitrogen and oxygen atoms in total. The van der Waals surface area contributed by atoms with Crippen LogP contribution in [-0.2, 0) is 23.9 Å². The largest absolute Gasteiger partial charge is 0.491 e. The molecule has 0 bridgehead atoms. The van der Waals surface area contributed by atoms with E-state index in [1.165, 1.54) is 6.20 Å². The van der Waals surface area contributed by atoms with Crippen molar-refractivity contribution in [3.63, 3.8) is 0 Å². The molecule has 14 heterocycles. The van der Waals surface area contributed by atoms with Crippen LogP contribution in [0.3, 0.4) is 0 Å². The number of piperazine rings is 5. The molecule has 0 aliphatic carbocycles. The SMILES string of the molecule is C#CC(=O)N1CCN(c2ccc(-c3cc(OCCN4CCN(C(C)=O)CC4)cn4ncc(C#N)c34)cn2)CC1.C#CC(=O)N1CCN(c2ccc(-c3cc(OCCN4CCN(CC)CC4)cn4ncc(C#N)c34)cn2)CC1.C#CC(=O)N1CCN(c2ccc(-c3cc(OCCOC)cn4ncc(C#N)c34)cn2)CC1. The first-order valence-corrected chi connectivity index (χ1v) is 36.2. The lowest BCUT2D eigenvalue weighted by Crippen LogP contribution is -2.48.